The molecule has 2 atom stereocenters. The molecule has 0 saturated heterocycles. The molecule has 0 heterocycles. The second-order valence-electron chi connectivity index (χ2n) is 3.75. The van der Waals surface area contributed by atoms with Gasteiger partial charge in [0.2, 0.25) is 10.0 Å². The van der Waals surface area contributed by atoms with Gasteiger partial charge in [-0.3, -0.25) is 0 Å². The van der Waals surface area contributed by atoms with Crippen LogP contribution in [-0.2, 0) is 10.0 Å². The summed E-state index contributed by atoms with van der Waals surface area (Å²) in [6.45, 7) is 9.68. The molecule has 14 heavy (non-hydrogen) atoms. The van der Waals surface area contributed by atoms with Gasteiger partial charge < -0.3 is 0 Å². The van der Waals surface area contributed by atoms with Crippen LogP contribution in [0.4, 0.5) is 0 Å². The van der Waals surface area contributed by atoms with Crippen LogP contribution in [0.3, 0.4) is 0 Å². The molecule has 0 saturated carbocycles. The molecule has 0 aliphatic heterocycles. The van der Waals surface area contributed by atoms with Gasteiger partial charge in [0.1, 0.15) is 0 Å². The van der Waals surface area contributed by atoms with Crippen molar-refractivity contribution in [3.8, 4) is 0 Å². The predicted octanol–water partition coefficient (Wildman–Crippen LogP) is 2.24. The van der Waals surface area contributed by atoms with Crippen molar-refractivity contribution in [1.29, 1.82) is 0 Å². The van der Waals surface area contributed by atoms with Crippen LogP contribution in [0.5, 0.6) is 0 Å². The summed E-state index contributed by atoms with van der Waals surface area (Å²) >= 11 is 0. The summed E-state index contributed by atoms with van der Waals surface area (Å²) in [6, 6.07) is 0.213. The molecule has 86 valence electrons. The highest BCUT2D eigenvalue weighted by molar-refractivity contribution is 7.89. The SMILES string of the molecule is CCC(C)N(C(C)CC)S(=O)(=O)CC. The van der Waals surface area contributed by atoms with E-state index in [0.717, 1.165) is 12.8 Å². The number of rotatable bonds is 6. The van der Waals surface area contributed by atoms with E-state index in [1.807, 2.05) is 27.7 Å². The maximum atomic E-state index is 11.8. The fraction of sp³-hybridized carbons (Fsp3) is 1.00. The Morgan fingerprint density at radius 1 is 1.00 bits per heavy atom. The lowest BCUT2D eigenvalue weighted by atomic mass is 10.2. The average Bonchev–Trinajstić information content (AvgIpc) is 2.17. The van der Waals surface area contributed by atoms with Gasteiger partial charge in [0.15, 0.2) is 0 Å². The lowest BCUT2D eigenvalue weighted by Gasteiger charge is -2.32. The summed E-state index contributed by atoms with van der Waals surface area (Å²) in [5.41, 5.74) is 0. The van der Waals surface area contributed by atoms with Crippen molar-refractivity contribution in [2.75, 3.05) is 5.75 Å². The third-order valence-electron chi connectivity index (χ3n) is 2.74. The van der Waals surface area contributed by atoms with Crippen LogP contribution >= 0.6 is 0 Å². The molecule has 0 rings (SSSR count). The van der Waals surface area contributed by atoms with Crippen molar-refractivity contribution < 1.29 is 8.42 Å². The smallest absolute Gasteiger partial charge is 0.212 e. The number of sulfonamides is 1. The van der Waals surface area contributed by atoms with Crippen LogP contribution < -0.4 is 0 Å². The van der Waals surface area contributed by atoms with E-state index in [0.29, 0.717) is 0 Å². The third kappa shape index (κ3) is 3.24. The van der Waals surface area contributed by atoms with Crippen LogP contribution in [0.25, 0.3) is 0 Å². The molecule has 2 unspecified atom stereocenters. The van der Waals surface area contributed by atoms with Crippen molar-refractivity contribution in [3.05, 3.63) is 0 Å². The minimum Gasteiger partial charge on any atom is -0.212 e. The topological polar surface area (TPSA) is 37.4 Å². The number of nitrogens with zero attached hydrogens (tertiary/aromatic N) is 1. The summed E-state index contributed by atoms with van der Waals surface area (Å²) < 4.78 is 25.3. The van der Waals surface area contributed by atoms with Gasteiger partial charge in [-0.05, 0) is 33.6 Å². The van der Waals surface area contributed by atoms with Crippen molar-refractivity contribution in [1.82, 2.24) is 4.31 Å². The van der Waals surface area contributed by atoms with Gasteiger partial charge >= 0.3 is 0 Å². The van der Waals surface area contributed by atoms with Crippen molar-refractivity contribution >= 4 is 10.0 Å². The van der Waals surface area contributed by atoms with Crippen LogP contribution in [0.2, 0.25) is 0 Å². The monoisotopic (exact) mass is 221 g/mol. The minimum atomic E-state index is -3.05. The molecule has 0 N–H and O–H groups in total. The maximum absolute atomic E-state index is 11.8. The Morgan fingerprint density at radius 2 is 1.36 bits per heavy atom. The molecule has 0 aromatic rings. The Hall–Kier alpha value is -0.0900. The van der Waals surface area contributed by atoms with Crippen molar-refractivity contribution in [3.63, 3.8) is 0 Å². The fourth-order valence-corrected chi connectivity index (χ4v) is 3.18. The van der Waals surface area contributed by atoms with Gasteiger partial charge in [0, 0.05) is 12.1 Å². The zero-order chi connectivity index (χ0) is 11.4. The van der Waals surface area contributed by atoms with E-state index in [1.165, 1.54) is 0 Å². The Bertz CT molecular complexity index is 239. The van der Waals surface area contributed by atoms with E-state index in [-0.39, 0.29) is 17.8 Å². The predicted molar refractivity (Wildman–Crippen MR) is 60.8 cm³/mol. The summed E-state index contributed by atoms with van der Waals surface area (Å²) in [5, 5.41) is 0. The fourth-order valence-electron chi connectivity index (χ4n) is 1.49. The van der Waals surface area contributed by atoms with E-state index in [9.17, 15) is 8.42 Å². The Kier molecular flexibility index (Phi) is 5.67. The molecule has 0 bridgehead atoms. The molecule has 4 heteroatoms. The molecule has 0 amide bonds. The van der Waals surface area contributed by atoms with Crippen LogP contribution in [-0.4, -0.2) is 30.6 Å². The summed E-state index contributed by atoms with van der Waals surface area (Å²) in [5.74, 6) is 0.196. The molecular formula is C10H23NO2S. The number of hydrogen-bond donors (Lipinski definition) is 0. The zero-order valence-electron chi connectivity index (χ0n) is 9.95. The first-order chi connectivity index (χ1) is 6.40. The molecule has 0 spiro atoms. The van der Waals surface area contributed by atoms with Gasteiger partial charge in [-0.15, -0.1) is 0 Å². The van der Waals surface area contributed by atoms with Crippen molar-refractivity contribution in [2.24, 2.45) is 0 Å². The van der Waals surface area contributed by atoms with Gasteiger partial charge in [0.05, 0.1) is 5.75 Å². The average molecular weight is 221 g/mol. The van der Waals surface area contributed by atoms with Crippen LogP contribution in [0, 0.1) is 0 Å². The third-order valence-corrected chi connectivity index (χ3v) is 4.83. The van der Waals surface area contributed by atoms with Crippen molar-refractivity contribution in [2.45, 2.75) is 59.5 Å². The highest BCUT2D eigenvalue weighted by atomic mass is 32.2. The molecule has 0 aliphatic carbocycles. The largest absolute Gasteiger partial charge is 0.214 e. The summed E-state index contributed by atoms with van der Waals surface area (Å²) in [7, 11) is -3.05. The quantitative estimate of drug-likeness (QED) is 0.690. The summed E-state index contributed by atoms with van der Waals surface area (Å²) in [6.07, 6.45) is 1.73. The molecule has 0 aliphatic rings. The Morgan fingerprint density at radius 3 is 1.57 bits per heavy atom. The van der Waals surface area contributed by atoms with Gasteiger partial charge in [-0.2, -0.15) is 4.31 Å². The Balaban J connectivity index is 4.91. The molecule has 0 fully saturated rings. The number of hydrogen-bond acceptors (Lipinski definition) is 2. The second-order valence-corrected chi connectivity index (χ2v) is 5.91. The minimum absolute atomic E-state index is 0.106. The normalized spacial score (nSPS) is 17.0. The van der Waals surface area contributed by atoms with E-state index < -0.39 is 10.0 Å². The van der Waals surface area contributed by atoms with E-state index in [1.54, 1.807) is 11.2 Å². The highest BCUT2D eigenvalue weighted by Crippen LogP contribution is 2.17. The first-order valence-corrected chi connectivity index (χ1v) is 7.02. The first-order valence-electron chi connectivity index (χ1n) is 5.41. The second kappa shape index (κ2) is 5.71. The van der Waals surface area contributed by atoms with Crippen LogP contribution in [0.15, 0.2) is 0 Å². The Labute approximate surface area is 88.5 Å². The molecular weight excluding hydrogens is 198 g/mol. The van der Waals surface area contributed by atoms with Gasteiger partial charge in [0.25, 0.3) is 0 Å². The zero-order valence-corrected chi connectivity index (χ0v) is 10.8. The van der Waals surface area contributed by atoms with E-state index >= 15 is 0 Å². The van der Waals surface area contributed by atoms with E-state index in [2.05, 4.69) is 0 Å². The standard InChI is InChI=1S/C10H23NO2S/c1-6-9(4)11(10(5)7-2)14(12,13)8-3/h9-10H,6-8H2,1-5H3. The highest BCUT2D eigenvalue weighted by Gasteiger charge is 2.28. The lowest BCUT2D eigenvalue weighted by Crippen LogP contribution is -2.44. The summed E-state index contributed by atoms with van der Waals surface area (Å²) in [4.78, 5) is 0. The molecule has 0 aromatic carbocycles. The maximum Gasteiger partial charge on any atom is 0.214 e. The van der Waals surface area contributed by atoms with Gasteiger partial charge in [-0.25, -0.2) is 8.42 Å². The lowest BCUT2D eigenvalue weighted by molar-refractivity contribution is 0.263. The molecule has 0 aromatic heterocycles. The molecule has 0 radical (unpaired) electrons. The van der Waals surface area contributed by atoms with Crippen LogP contribution in [0.1, 0.15) is 47.5 Å². The molecule has 3 nitrogen and oxygen atoms in total. The van der Waals surface area contributed by atoms with Gasteiger partial charge in [-0.1, -0.05) is 13.8 Å². The first kappa shape index (κ1) is 13.9. The van der Waals surface area contributed by atoms with E-state index in [4.69, 9.17) is 0 Å².